The van der Waals surface area contributed by atoms with Crippen LogP contribution in [0.1, 0.15) is 25.7 Å². The van der Waals surface area contributed by atoms with Gasteiger partial charge in [0.15, 0.2) is 0 Å². The first-order valence-corrected chi connectivity index (χ1v) is 12.0. The van der Waals surface area contributed by atoms with Gasteiger partial charge in [0.25, 0.3) is 0 Å². The molecule has 0 aromatic heterocycles. The minimum Gasteiger partial charge on any atom is -0.494 e. The highest BCUT2D eigenvalue weighted by Crippen LogP contribution is 2.25. The summed E-state index contributed by atoms with van der Waals surface area (Å²) in [7, 11) is 0. The monoisotopic (exact) mass is 461 g/mol. The molecule has 0 saturated carbocycles. The molecule has 0 bridgehead atoms. The Morgan fingerprint density at radius 2 is 1.15 bits per heavy atom. The van der Waals surface area contributed by atoms with Gasteiger partial charge in [-0.2, -0.15) is 10.2 Å². The van der Waals surface area contributed by atoms with E-state index in [9.17, 15) is 0 Å². The van der Waals surface area contributed by atoms with E-state index in [1.54, 1.807) is 0 Å². The lowest BCUT2D eigenvalue weighted by atomic mass is 10.1. The molecule has 0 aliphatic heterocycles. The van der Waals surface area contributed by atoms with E-state index >= 15 is 0 Å². The number of unbranched alkanes of at least 4 members (excludes halogenated alkanes) is 3. The van der Waals surface area contributed by atoms with Gasteiger partial charge in [0.05, 0.1) is 31.2 Å². The average Bonchev–Trinajstić information content (AvgIpc) is 2.88. The second-order valence-corrected chi connectivity index (χ2v) is 8.16. The Balaban J connectivity index is 1.34. The van der Waals surface area contributed by atoms with Crippen LogP contribution >= 0.6 is 0 Å². The number of hydrogen-bond acceptors (Lipinski definition) is 6. The van der Waals surface area contributed by atoms with Gasteiger partial charge >= 0.3 is 0 Å². The number of hydrogen-bond donors (Lipinski definition) is 2. The predicted molar refractivity (Wildman–Crippen MR) is 137 cm³/mol. The van der Waals surface area contributed by atoms with Gasteiger partial charge < -0.3 is 14.9 Å². The van der Waals surface area contributed by atoms with Gasteiger partial charge in [-0.3, -0.25) is 4.90 Å². The van der Waals surface area contributed by atoms with E-state index in [1.807, 2.05) is 54.6 Å². The SMILES string of the molecule is OCCN(CCO)CCCCCCOc1ccc(N=Nc2ccc(-c3ccccc3)cc2)cc1. The molecule has 0 spiro atoms. The molecule has 0 amide bonds. The maximum absolute atomic E-state index is 9.04. The van der Waals surface area contributed by atoms with Crippen molar-refractivity contribution >= 4 is 11.4 Å². The largest absolute Gasteiger partial charge is 0.494 e. The van der Waals surface area contributed by atoms with Crippen molar-refractivity contribution in [3.05, 3.63) is 78.9 Å². The molecule has 34 heavy (non-hydrogen) atoms. The van der Waals surface area contributed by atoms with E-state index in [1.165, 1.54) is 5.56 Å². The Morgan fingerprint density at radius 1 is 0.588 bits per heavy atom. The first kappa shape index (κ1) is 25.6. The Hall–Kier alpha value is -3.06. The molecular weight excluding hydrogens is 426 g/mol. The molecule has 0 saturated heterocycles. The average molecular weight is 462 g/mol. The van der Waals surface area contributed by atoms with E-state index in [0.29, 0.717) is 19.7 Å². The summed E-state index contributed by atoms with van der Waals surface area (Å²) in [5.41, 5.74) is 3.95. The molecule has 0 unspecified atom stereocenters. The van der Waals surface area contributed by atoms with Crippen molar-refractivity contribution in [3.63, 3.8) is 0 Å². The first-order valence-electron chi connectivity index (χ1n) is 12.0. The van der Waals surface area contributed by atoms with Gasteiger partial charge in [-0.1, -0.05) is 55.3 Å². The fourth-order valence-electron chi connectivity index (χ4n) is 3.67. The number of azo groups is 1. The third kappa shape index (κ3) is 9.06. The maximum Gasteiger partial charge on any atom is 0.119 e. The minimum atomic E-state index is 0.135. The van der Waals surface area contributed by atoms with Gasteiger partial charge in [-0.05, 0) is 66.9 Å². The number of aliphatic hydroxyl groups is 2. The third-order valence-corrected chi connectivity index (χ3v) is 5.56. The molecule has 3 aromatic rings. The Bertz CT molecular complexity index is 954. The Morgan fingerprint density at radius 3 is 1.76 bits per heavy atom. The standard InChI is InChI=1S/C28H35N3O3/c32-21-19-31(20-22-33)18-6-1-2-7-23-34-28-16-14-27(15-17-28)30-29-26-12-10-25(11-13-26)24-8-4-3-5-9-24/h3-5,8-17,32-33H,1-2,6-7,18-23H2. The number of nitrogens with zero attached hydrogens (tertiary/aromatic N) is 3. The molecule has 2 N–H and O–H groups in total. The third-order valence-electron chi connectivity index (χ3n) is 5.56. The van der Waals surface area contributed by atoms with Crippen molar-refractivity contribution in [3.8, 4) is 16.9 Å². The highest BCUT2D eigenvalue weighted by molar-refractivity contribution is 5.65. The van der Waals surface area contributed by atoms with Gasteiger partial charge in [0.1, 0.15) is 5.75 Å². The van der Waals surface area contributed by atoms with Crippen LogP contribution in [0.3, 0.4) is 0 Å². The van der Waals surface area contributed by atoms with E-state index in [0.717, 1.165) is 54.9 Å². The Labute approximate surface area is 202 Å². The molecule has 0 atom stereocenters. The summed E-state index contributed by atoms with van der Waals surface area (Å²) in [6.07, 6.45) is 4.28. The number of rotatable bonds is 15. The molecule has 0 radical (unpaired) electrons. The van der Waals surface area contributed by atoms with Crippen molar-refractivity contribution in [2.45, 2.75) is 25.7 Å². The van der Waals surface area contributed by atoms with Crippen LogP contribution in [-0.4, -0.2) is 54.6 Å². The summed E-state index contributed by atoms with van der Waals surface area (Å²) in [6.45, 7) is 3.12. The zero-order valence-corrected chi connectivity index (χ0v) is 19.7. The lowest BCUT2D eigenvalue weighted by Crippen LogP contribution is -2.30. The van der Waals surface area contributed by atoms with Crippen molar-refractivity contribution < 1.29 is 14.9 Å². The van der Waals surface area contributed by atoms with E-state index in [-0.39, 0.29) is 13.2 Å². The fourth-order valence-corrected chi connectivity index (χ4v) is 3.67. The van der Waals surface area contributed by atoms with Crippen LogP contribution in [0.15, 0.2) is 89.1 Å². The molecule has 0 aliphatic carbocycles. The van der Waals surface area contributed by atoms with Crippen molar-refractivity contribution in [2.24, 2.45) is 10.2 Å². The van der Waals surface area contributed by atoms with Crippen molar-refractivity contribution in [1.29, 1.82) is 0 Å². The van der Waals surface area contributed by atoms with Crippen LogP contribution < -0.4 is 4.74 Å². The smallest absolute Gasteiger partial charge is 0.119 e. The highest BCUT2D eigenvalue weighted by Gasteiger charge is 2.03. The summed E-state index contributed by atoms with van der Waals surface area (Å²) in [6, 6.07) is 26.0. The summed E-state index contributed by atoms with van der Waals surface area (Å²) in [5, 5.41) is 26.7. The van der Waals surface area contributed by atoms with Crippen molar-refractivity contribution in [1.82, 2.24) is 4.90 Å². The summed E-state index contributed by atoms with van der Waals surface area (Å²) in [5.74, 6) is 0.836. The second-order valence-electron chi connectivity index (χ2n) is 8.16. The van der Waals surface area contributed by atoms with Crippen LogP contribution in [0.25, 0.3) is 11.1 Å². The molecule has 0 heterocycles. The molecule has 6 heteroatoms. The molecule has 0 fully saturated rings. The van der Waals surface area contributed by atoms with E-state index in [4.69, 9.17) is 14.9 Å². The number of ether oxygens (including phenoxy) is 1. The van der Waals surface area contributed by atoms with E-state index in [2.05, 4.69) is 39.4 Å². The molecular formula is C28H35N3O3. The number of aliphatic hydroxyl groups excluding tert-OH is 2. The molecule has 3 aromatic carbocycles. The summed E-state index contributed by atoms with van der Waals surface area (Å²) < 4.78 is 5.83. The topological polar surface area (TPSA) is 77.7 Å². The normalized spacial score (nSPS) is 11.4. The van der Waals surface area contributed by atoms with E-state index < -0.39 is 0 Å². The molecule has 6 nitrogen and oxygen atoms in total. The van der Waals surface area contributed by atoms with Crippen LogP contribution in [0.4, 0.5) is 11.4 Å². The summed E-state index contributed by atoms with van der Waals surface area (Å²) in [4.78, 5) is 2.09. The van der Waals surface area contributed by atoms with Crippen LogP contribution in [0.5, 0.6) is 5.75 Å². The quantitative estimate of drug-likeness (QED) is 0.215. The lowest BCUT2D eigenvalue weighted by Gasteiger charge is -2.19. The molecule has 180 valence electrons. The summed E-state index contributed by atoms with van der Waals surface area (Å²) >= 11 is 0. The first-order chi connectivity index (χ1) is 16.8. The highest BCUT2D eigenvalue weighted by atomic mass is 16.5. The van der Waals surface area contributed by atoms with Gasteiger partial charge in [-0.15, -0.1) is 0 Å². The minimum absolute atomic E-state index is 0.135. The number of benzene rings is 3. The zero-order valence-electron chi connectivity index (χ0n) is 19.7. The van der Waals surface area contributed by atoms with Crippen LogP contribution in [-0.2, 0) is 0 Å². The van der Waals surface area contributed by atoms with Gasteiger partial charge in [0.2, 0.25) is 0 Å². The lowest BCUT2D eigenvalue weighted by molar-refractivity contribution is 0.159. The van der Waals surface area contributed by atoms with Crippen LogP contribution in [0, 0.1) is 0 Å². The molecule has 0 aliphatic rings. The second kappa shape index (κ2) is 15.0. The fraction of sp³-hybridized carbons (Fsp3) is 0.357. The van der Waals surface area contributed by atoms with Gasteiger partial charge in [0, 0.05) is 13.1 Å². The van der Waals surface area contributed by atoms with Crippen molar-refractivity contribution in [2.75, 3.05) is 39.5 Å². The zero-order chi connectivity index (χ0) is 23.8. The maximum atomic E-state index is 9.04. The van der Waals surface area contributed by atoms with Gasteiger partial charge in [-0.25, -0.2) is 0 Å². The Kier molecular flexibility index (Phi) is 11.2. The molecule has 3 rings (SSSR count). The van der Waals surface area contributed by atoms with Crippen LogP contribution in [0.2, 0.25) is 0 Å². The predicted octanol–water partition coefficient (Wildman–Crippen LogP) is 5.99.